The van der Waals surface area contributed by atoms with Gasteiger partial charge in [-0.2, -0.15) is 13.2 Å². The second-order valence-corrected chi connectivity index (χ2v) is 3.74. The molecule has 1 aliphatic heterocycles. The number of likely N-dealkylation sites (N-methyl/N-ethyl adjacent to an activating group) is 1. The average molecular weight is 263 g/mol. The zero-order valence-electron chi connectivity index (χ0n) is 9.22. The number of hydrogen-bond acceptors (Lipinski definition) is 3. The Morgan fingerprint density at radius 1 is 1.44 bits per heavy atom. The molecule has 1 rings (SSSR count). The van der Waals surface area contributed by atoms with Gasteiger partial charge in [0.2, 0.25) is 0 Å². The first-order valence-corrected chi connectivity index (χ1v) is 5.05. The Morgan fingerprint density at radius 2 is 2.12 bits per heavy atom. The molecule has 0 aromatic heterocycles. The van der Waals surface area contributed by atoms with Crippen LogP contribution in [0.5, 0.6) is 0 Å². The zero-order chi connectivity index (χ0) is 11.3. The van der Waals surface area contributed by atoms with E-state index in [4.69, 9.17) is 0 Å². The van der Waals surface area contributed by atoms with Gasteiger partial charge in [0.15, 0.2) is 0 Å². The maximum Gasteiger partial charge on any atom is 0.411 e. The number of nitrogens with zero attached hydrogens (tertiary/aromatic N) is 1. The van der Waals surface area contributed by atoms with E-state index in [1.807, 2.05) is 7.05 Å². The second-order valence-electron chi connectivity index (χ2n) is 3.74. The van der Waals surface area contributed by atoms with E-state index in [0.29, 0.717) is 12.6 Å². The minimum Gasteiger partial charge on any atom is -0.371 e. The largest absolute Gasteiger partial charge is 0.411 e. The van der Waals surface area contributed by atoms with Crippen LogP contribution in [0.25, 0.3) is 0 Å². The molecule has 7 heteroatoms. The molecule has 1 heterocycles. The van der Waals surface area contributed by atoms with Gasteiger partial charge in [0.25, 0.3) is 0 Å². The molecular formula is C9H18ClF3N2O. The van der Waals surface area contributed by atoms with Gasteiger partial charge in [-0.3, -0.25) is 4.90 Å². The topological polar surface area (TPSA) is 24.5 Å². The minimum absolute atomic E-state index is 0. The number of rotatable bonds is 5. The molecule has 0 aromatic carbocycles. The highest BCUT2D eigenvalue weighted by molar-refractivity contribution is 5.85. The third kappa shape index (κ3) is 6.52. The molecule has 0 radical (unpaired) electrons. The molecule has 0 spiro atoms. The van der Waals surface area contributed by atoms with Gasteiger partial charge in [0.05, 0.1) is 6.61 Å². The van der Waals surface area contributed by atoms with Crippen molar-refractivity contribution in [3.8, 4) is 0 Å². The van der Waals surface area contributed by atoms with Crippen molar-refractivity contribution in [1.82, 2.24) is 10.2 Å². The molecule has 1 aliphatic rings. The van der Waals surface area contributed by atoms with E-state index in [1.54, 1.807) is 0 Å². The summed E-state index contributed by atoms with van der Waals surface area (Å²) < 4.78 is 39.7. The first kappa shape index (κ1) is 16.0. The molecular weight excluding hydrogens is 245 g/mol. The van der Waals surface area contributed by atoms with Crippen LogP contribution in [-0.2, 0) is 4.74 Å². The van der Waals surface area contributed by atoms with E-state index in [1.165, 1.54) is 0 Å². The van der Waals surface area contributed by atoms with Crippen LogP contribution in [-0.4, -0.2) is 57.0 Å². The van der Waals surface area contributed by atoms with Crippen molar-refractivity contribution in [2.75, 3.05) is 39.9 Å². The summed E-state index contributed by atoms with van der Waals surface area (Å²) in [5, 5.41) is 3.15. The molecule has 3 nitrogen and oxygen atoms in total. The summed E-state index contributed by atoms with van der Waals surface area (Å²) in [7, 11) is 1.90. The summed E-state index contributed by atoms with van der Waals surface area (Å²) >= 11 is 0. The van der Waals surface area contributed by atoms with Gasteiger partial charge >= 0.3 is 6.18 Å². The molecule has 98 valence electrons. The highest BCUT2D eigenvalue weighted by Gasteiger charge is 2.27. The Balaban J connectivity index is 0.00000225. The van der Waals surface area contributed by atoms with Crippen LogP contribution in [0.3, 0.4) is 0 Å². The molecule has 0 amide bonds. The van der Waals surface area contributed by atoms with E-state index in [-0.39, 0.29) is 19.0 Å². The van der Waals surface area contributed by atoms with E-state index >= 15 is 0 Å². The maximum absolute atomic E-state index is 11.7. The highest BCUT2D eigenvalue weighted by Crippen LogP contribution is 2.14. The molecule has 0 aromatic rings. The number of nitrogens with one attached hydrogen (secondary N) is 1. The molecule has 1 atom stereocenters. The molecule has 1 N–H and O–H groups in total. The summed E-state index contributed by atoms with van der Waals surface area (Å²) in [4.78, 5) is 2.11. The number of ether oxygens (including phenoxy) is 1. The van der Waals surface area contributed by atoms with Gasteiger partial charge in [0, 0.05) is 19.1 Å². The minimum atomic E-state index is -4.21. The fraction of sp³-hybridized carbons (Fsp3) is 1.00. The lowest BCUT2D eigenvalue weighted by Gasteiger charge is -2.16. The zero-order valence-corrected chi connectivity index (χ0v) is 10.0. The highest BCUT2D eigenvalue weighted by atomic mass is 35.5. The van der Waals surface area contributed by atoms with Crippen molar-refractivity contribution >= 4 is 12.4 Å². The third-order valence-electron chi connectivity index (χ3n) is 2.50. The Labute approximate surface area is 99.7 Å². The second kappa shape index (κ2) is 7.32. The van der Waals surface area contributed by atoms with Crippen LogP contribution in [0.4, 0.5) is 13.2 Å². The number of alkyl halides is 3. The van der Waals surface area contributed by atoms with E-state index < -0.39 is 12.8 Å². The predicted octanol–water partition coefficient (Wildman–Crippen LogP) is 1.28. The van der Waals surface area contributed by atoms with Crippen LogP contribution in [0.15, 0.2) is 0 Å². The Bertz CT molecular complexity index is 192. The van der Waals surface area contributed by atoms with Crippen molar-refractivity contribution in [2.45, 2.75) is 18.6 Å². The van der Waals surface area contributed by atoms with Crippen LogP contribution < -0.4 is 5.32 Å². The fourth-order valence-electron chi connectivity index (χ4n) is 1.65. The van der Waals surface area contributed by atoms with E-state index in [2.05, 4.69) is 15.0 Å². The van der Waals surface area contributed by atoms with Gasteiger partial charge in [-0.15, -0.1) is 12.4 Å². The normalized spacial score (nSPS) is 22.1. The van der Waals surface area contributed by atoms with Crippen LogP contribution in [0.1, 0.15) is 6.42 Å². The Morgan fingerprint density at radius 3 is 2.62 bits per heavy atom. The summed E-state index contributed by atoms with van der Waals surface area (Å²) in [6.45, 7) is 1.41. The third-order valence-corrected chi connectivity index (χ3v) is 2.50. The van der Waals surface area contributed by atoms with Crippen molar-refractivity contribution in [3.05, 3.63) is 0 Å². The predicted molar refractivity (Wildman–Crippen MR) is 58.0 cm³/mol. The first-order chi connectivity index (χ1) is 7.01. The van der Waals surface area contributed by atoms with Gasteiger partial charge in [-0.25, -0.2) is 0 Å². The molecule has 16 heavy (non-hydrogen) atoms. The fourth-order valence-corrected chi connectivity index (χ4v) is 1.65. The first-order valence-electron chi connectivity index (χ1n) is 5.05. The monoisotopic (exact) mass is 262 g/mol. The van der Waals surface area contributed by atoms with Gasteiger partial charge in [0.1, 0.15) is 6.61 Å². The number of likely N-dealkylation sites (tertiary alicyclic amines) is 1. The lowest BCUT2D eigenvalue weighted by molar-refractivity contribution is -0.174. The SMILES string of the molecule is CNC1CCN(CCOCC(F)(F)F)C1.Cl. The number of halogens is 4. The van der Waals surface area contributed by atoms with Crippen LogP contribution in [0.2, 0.25) is 0 Å². The standard InChI is InChI=1S/C9H17F3N2O.ClH/c1-13-8-2-3-14(6-8)4-5-15-7-9(10,11)12;/h8,13H,2-7H2,1H3;1H. The van der Waals surface area contributed by atoms with Gasteiger partial charge < -0.3 is 10.1 Å². The Hall–Kier alpha value is -0.0400. The van der Waals surface area contributed by atoms with Crippen molar-refractivity contribution in [2.24, 2.45) is 0 Å². The quantitative estimate of drug-likeness (QED) is 0.756. The maximum atomic E-state index is 11.7. The molecule has 1 fully saturated rings. The molecule has 0 aliphatic carbocycles. The van der Waals surface area contributed by atoms with E-state index in [9.17, 15) is 13.2 Å². The van der Waals surface area contributed by atoms with Crippen LogP contribution >= 0.6 is 12.4 Å². The smallest absolute Gasteiger partial charge is 0.371 e. The molecule has 1 unspecified atom stereocenters. The van der Waals surface area contributed by atoms with E-state index in [0.717, 1.165) is 19.5 Å². The number of hydrogen-bond donors (Lipinski definition) is 1. The molecule has 1 saturated heterocycles. The lowest BCUT2D eigenvalue weighted by atomic mass is 10.3. The molecule has 0 bridgehead atoms. The summed E-state index contributed by atoms with van der Waals surface area (Å²) in [5.74, 6) is 0. The van der Waals surface area contributed by atoms with Crippen molar-refractivity contribution < 1.29 is 17.9 Å². The van der Waals surface area contributed by atoms with Crippen LogP contribution in [0, 0.1) is 0 Å². The summed E-state index contributed by atoms with van der Waals surface area (Å²) in [6.07, 6.45) is -3.16. The summed E-state index contributed by atoms with van der Waals surface area (Å²) in [5.41, 5.74) is 0. The van der Waals surface area contributed by atoms with Crippen molar-refractivity contribution in [3.63, 3.8) is 0 Å². The molecule has 0 saturated carbocycles. The average Bonchev–Trinajstić information content (AvgIpc) is 2.59. The lowest BCUT2D eigenvalue weighted by Crippen LogP contribution is -2.32. The van der Waals surface area contributed by atoms with Gasteiger partial charge in [-0.05, 0) is 20.0 Å². The van der Waals surface area contributed by atoms with Gasteiger partial charge in [-0.1, -0.05) is 0 Å². The van der Waals surface area contributed by atoms with Crippen molar-refractivity contribution in [1.29, 1.82) is 0 Å². The Kier molecular flexibility index (Phi) is 7.30. The summed E-state index contributed by atoms with van der Waals surface area (Å²) in [6, 6.07) is 0.465.